The van der Waals surface area contributed by atoms with Crippen molar-refractivity contribution in [1.82, 2.24) is 25.0 Å². The number of nitrogens with zero attached hydrogens (tertiary/aromatic N) is 5. The molecule has 9 heteroatoms. The second kappa shape index (κ2) is 6.00. The Morgan fingerprint density at radius 3 is 2.74 bits per heavy atom. The van der Waals surface area contributed by atoms with Crippen LogP contribution in [0, 0.1) is 0 Å². The summed E-state index contributed by atoms with van der Waals surface area (Å²) in [5, 5.41) is 13.0. The molecule has 0 spiro atoms. The number of H-pyrrole nitrogens is 1. The van der Waals surface area contributed by atoms with E-state index in [0.717, 1.165) is 16.5 Å². The lowest BCUT2D eigenvalue weighted by atomic mass is 10.0. The number of hydrogen-bond acceptors (Lipinski definition) is 5. The molecule has 132 valence electrons. The molecule has 0 amide bonds. The van der Waals surface area contributed by atoms with Crippen LogP contribution in [0.15, 0.2) is 47.6 Å². The summed E-state index contributed by atoms with van der Waals surface area (Å²) in [7, 11) is 0. The van der Waals surface area contributed by atoms with Gasteiger partial charge in [0.15, 0.2) is 5.82 Å². The van der Waals surface area contributed by atoms with E-state index in [9.17, 15) is 4.79 Å². The third-order valence-electron chi connectivity index (χ3n) is 4.31. The monoisotopic (exact) mass is 396 g/mol. The van der Waals surface area contributed by atoms with Gasteiger partial charge in [0.2, 0.25) is 11.7 Å². The number of aromatic nitrogens is 5. The molecular formula is C18H10Cl2N6O. The minimum absolute atomic E-state index is 0.0753. The predicted octanol–water partition coefficient (Wildman–Crippen LogP) is 3.83. The Balaban J connectivity index is 1.58. The molecule has 0 atom stereocenters. The van der Waals surface area contributed by atoms with Crippen molar-refractivity contribution in [2.75, 3.05) is 0 Å². The highest BCUT2D eigenvalue weighted by Crippen LogP contribution is 2.29. The van der Waals surface area contributed by atoms with Gasteiger partial charge in [0.25, 0.3) is 0 Å². The molecule has 1 N–H and O–H groups in total. The fraction of sp³-hybridized carbons (Fsp3) is 0.0556. The van der Waals surface area contributed by atoms with Crippen LogP contribution in [0.5, 0.6) is 0 Å². The Morgan fingerprint density at radius 2 is 1.89 bits per heavy atom. The first-order chi connectivity index (χ1) is 13.1. The zero-order chi connectivity index (χ0) is 18.5. The van der Waals surface area contributed by atoms with Crippen molar-refractivity contribution in [3.05, 3.63) is 58.2 Å². The van der Waals surface area contributed by atoms with E-state index in [1.54, 1.807) is 24.4 Å². The number of ketones is 1. The quantitative estimate of drug-likeness (QED) is 0.557. The normalized spacial score (nSPS) is 13.7. The topological polar surface area (TPSA) is 88.8 Å². The lowest BCUT2D eigenvalue weighted by Gasteiger charge is -2.11. The number of Topliss-reactive ketones (excluding diaryl/α,β-unsaturated/α-hetero) is 1. The molecule has 3 heterocycles. The average molecular weight is 397 g/mol. The Morgan fingerprint density at radius 1 is 1.04 bits per heavy atom. The second-order valence-electron chi connectivity index (χ2n) is 6.08. The van der Waals surface area contributed by atoms with Gasteiger partial charge in [-0.05, 0) is 30.3 Å². The first kappa shape index (κ1) is 16.2. The highest BCUT2D eigenvalue weighted by Gasteiger charge is 2.25. The van der Waals surface area contributed by atoms with Crippen molar-refractivity contribution in [3.8, 4) is 11.4 Å². The first-order valence-corrected chi connectivity index (χ1v) is 8.80. The minimum Gasteiger partial charge on any atom is -0.290 e. The molecule has 2 aromatic heterocycles. The Hall–Kier alpha value is -3.03. The van der Waals surface area contributed by atoms with Gasteiger partial charge in [0.05, 0.1) is 21.8 Å². The highest BCUT2D eigenvalue weighted by atomic mass is 35.5. The lowest BCUT2D eigenvalue weighted by molar-refractivity contribution is -0.113. The summed E-state index contributed by atoms with van der Waals surface area (Å²) in [6.45, 7) is 0.0753. The van der Waals surface area contributed by atoms with Gasteiger partial charge < -0.3 is 0 Å². The van der Waals surface area contributed by atoms with Gasteiger partial charge in [-0.15, -0.1) is 5.10 Å². The molecule has 0 saturated carbocycles. The number of benzene rings is 2. The summed E-state index contributed by atoms with van der Waals surface area (Å²) in [6.07, 6.45) is 1.71. The number of nitrogens with one attached hydrogen (secondary N) is 1. The number of fused-ring (bicyclic) bond motifs is 2. The van der Waals surface area contributed by atoms with Crippen molar-refractivity contribution in [2.45, 2.75) is 6.54 Å². The van der Waals surface area contributed by atoms with E-state index < -0.39 is 0 Å². The van der Waals surface area contributed by atoms with Crippen molar-refractivity contribution in [2.24, 2.45) is 4.99 Å². The lowest BCUT2D eigenvalue weighted by Crippen LogP contribution is -2.25. The summed E-state index contributed by atoms with van der Waals surface area (Å²) in [4.78, 5) is 21.5. The van der Waals surface area contributed by atoms with Gasteiger partial charge in [-0.3, -0.25) is 9.89 Å². The van der Waals surface area contributed by atoms with Crippen molar-refractivity contribution in [3.63, 3.8) is 0 Å². The van der Waals surface area contributed by atoms with Crippen LogP contribution in [0.2, 0.25) is 10.0 Å². The molecule has 0 aliphatic carbocycles. The Bertz CT molecular complexity index is 1260. The summed E-state index contributed by atoms with van der Waals surface area (Å²) in [6, 6.07) is 10.7. The van der Waals surface area contributed by atoms with E-state index in [0.29, 0.717) is 33.1 Å². The van der Waals surface area contributed by atoms with E-state index in [-0.39, 0.29) is 12.3 Å². The average Bonchev–Trinajstić information content (AvgIpc) is 3.28. The van der Waals surface area contributed by atoms with Crippen molar-refractivity contribution in [1.29, 1.82) is 0 Å². The molecule has 0 bridgehead atoms. The molecule has 27 heavy (non-hydrogen) atoms. The van der Waals surface area contributed by atoms with Crippen LogP contribution in [-0.4, -0.2) is 36.5 Å². The Kier molecular flexibility index (Phi) is 3.60. The number of hydrogen-bond donors (Lipinski definition) is 1. The molecule has 1 aliphatic heterocycles. The van der Waals surface area contributed by atoms with Crippen LogP contribution in [0.4, 0.5) is 5.95 Å². The zero-order valence-corrected chi connectivity index (χ0v) is 15.2. The standard InChI is InChI=1S/C18H10Cl2N6O/c19-12-3-1-10(6-13(12)20)17-23-18-22-16(15(27)8-26(18)25-17)9-2-4-14-11(5-9)7-21-24-14/h1-7H,8H2,(H,21,24). The zero-order valence-electron chi connectivity index (χ0n) is 13.6. The van der Waals surface area contributed by atoms with Crippen molar-refractivity contribution < 1.29 is 4.79 Å². The molecule has 0 unspecified atom stereocenters. The number of aromatic amines is 1. The van der Waals surface area contributed by atoms with Gasteiger partial charge in [-0.1, -0.05) is 29.3 Å². The first-order valence-electron chi connectivity index (χ1n) is 8.04. The van der Waals surface area contributed by atoms with Crippen LogP contribution in [0.3, 0.4) is 0 Å². The minimum atomic E-state index is -0.129. The number of aliphatic imine (C=N–C) groups is 1. The SMILES string of the molecule is O=C1Cn2nc(-c3ccc(Cl)c(Cl)c3)nc2N=C1c1ccc2[nH]ncc2c1. The van der Waals surface area contributed by atoms with Crippen LogP contribution in [0.25, 0.3) is 22.3 Å². The van der Waals surface area contributed by atoms with Gasteiger partial charge >= 0.3 is 0 Å². The Labute approximate surface area is 162 Å². The molecule has 7 nitrogen and oxygen atoms in total. The molecule has 0 radical (unpaired) electrons. The fourth-order valence-corrected chi connectivity index (χ4v) is 3.27. The van der Waals surface area contributed by atoms with Crippen LogP contribution in [0.1, 0.15) is 5.56 Å². The second-order valence-corrected chi connectivity index (χ2v) is 6.89. The highest BCUT2D eigenvalue weighted by molar-refractivity contribution is 6.47. The van der Waals surface area contributed by atoms with E-state index in [1.807, 2.05) is 18.2 Å². The molecule has 1 aliphatic rings. The van der Waals surface area contributed by atoms with Crippen LogP contribution in [-0.2, 0) is 11.3 Å². The molecular weight excluding hydrogens is 387 g/mol. The maximum absolute atomic E-state index is 12.6. The summed E-state index contributed by atoms with van der Waals surface area (Å²) < 4.78 is 1.49. The summed E-state index contributed by atoms with van der Waals surface area (Å²) in [5.41, 5.74) is 2.68. The van der Waals surface area contributed by atoms with Crippen LogP contribution < -0.4 is 0 Å². The van der Waals surface area contributed by atoms with Crippen molar-refractivity contribution >= 4 is 51.5 Å². The summed E-state index contributed by atoms with van der Waals surface area (Å²) >= 11 is 12.0. The van der Waals surface area contributed by atoms with E-state index in [2.05, 4.69) is 25.3 Å². The maximum atomic E-state index is 12.6. The molecule has 5 rings (SSSR count). The van der Waals surface area contributed by atoms with Gasteiger partial charge in [-0.25, -0.2) is 9.67 Å². The number of halogens is 2. The third-order valence-corrected chi connectivity index (χ3v) is 5.05. The smallest absolute Gasteiger partial charge is 0.249 e. The fourth-order valence-electron chi connectivity index (χ4n) is 2.97. The van der Waals surface area contributed by atoms with E-state index >= 15 is 0 Å². The molecule has 0 saturated heterocycles. The molecule has 4 aromatic rings. The maximum Gasteiger partial charge on any atom is 0.249 e. The summed E-state index contributed by atoms with van der Waals surface area (Å²) in [5.74, 6) is 0.681. The number of carbonyl (C=O) groups is 1. The van der Waals surface area contributed by atoms with Gasteiger partial charge in [0, 0.05) is 16.5 Å². The number of carbonyl (C=O) groups excluding carboxylic acids is 1. The largest absolute Gasteiger partial charge is 0.290 e. The van der Waals surface area contributed by atoms with E-state index in [4.69, 9.17) is 23.2 Å². The third kappa shape index (κ3) is 2.72. The van der Waals surface area contributed by atoms with Gasteiger partial charge in [-0.2, -0.15) is 10.1 Å². The molecule has 2 aromatic carbocycles. The predicted molar refractivity (Wildman–Crippen MR) is 103 cm³/mol. The molecule has 0 fully saturated rings. The number of rotatable bonds is 2. The van der Waals surface area contributed by atoms with Crippen LogP contribution >= 0.6 is 23.2 Å². The van der Waals surface area contributed by atoms with E-state index in [1.165, 1.54) is 4.68 Å². The van der Waals surface area contributed by atoms with Gasteiger partial charge in [0.1, 0.15) is 12.3 Å².